The summed E-state index contributed by atoms with van der Waals surface area (Å²) in [5, 5.41) is 2.90. The number of urea groups is 1. The monoisotopic (exact) mass is 246 g/mol. The number of piperazine rings is 1. The van der Waals surface area contributed by atoms with Gasteiger partial charge in [0, 0.05) is 37.6 Å². The van der Waals surface area contributed by atoms with Gasteiger partial charge in [-0.3, -0.25) is 0 Å². The van der Waals surface area contributed by atoms with E-state index in [1.54, 1.807) is 0 Å². The maximum atomic E-state index is 11.5. The van der Waals surface area contributed by atoms with E-state index in [2.05, 4.69) is 23.2 Å². The minimum atomic E-state index is 0.0775. The molecule has 1 unspecified atom stereocenters. The number of nitrogens with two attached hydrogens (primary N) is 1. The average Bonchev–Trinajstić information content (AvgIpc) is 2.71. The molecule has 2 aliphatic rings. The normalized spacial score (nSPS) is 22.9. The van der Waals surface area contributed by atoms with Crippen molar-refractivity contribution < 1.29 is 4.79 Å². The largest absolute Gasteiger partial charge is 0.399 e. The van der Waals surface area contributed by atoms with Crippen LogP contribution in [0.5, 0.6) is 0 Å². The predicted molar refractivity (Wildman–Crippen MR) is 71.7 cm³/mol. The lowest BCUT2D eigenvalue weighted by molar-refractivity contribution is 0.197. The third-order valence-corrected chi connectivity index (χ3v) is 3.79. The van der Waals surface area contributed by atoms with Gasteiger partial charge in [-0.25, -0.2) is 4.79 Å². The number of benzene rings is 1. The zero-order valence-electron chi connectivity index (χ0n) is 10.5. The standard InChI is InChI=1S/C13H18N4O/c1-9-6-10(14)2-3-12(9)16-4-5-17-11(8-16)7-15-13(17)18/h2-3,6,11H,4-5,7-8,14H2,1H3,(H,15,18). The van der Waals surface area contributed by atoms with Crippen molar-refractivity contribution in [3.8, 4) is 0 Å². The molecule has 1 aromatic carbocycles. The van der Waals surface area contributed by atoms with Crippen molar-refractivity contribution in [2.45, 2.75) is 13.0 Å². The van der Waals surface area contributed by atoms with E-state index < -0.39 is 0 Å². The van der Waals surface area contributed by atoms with E-state index in [4.69, 9.17) is 5.73 Å². The van der Waals surface area contributed by atoms with Gasteiger partial charge in [0.25, 0.3) is 0 Å². The van der Waals surface area contributed by atoms with Crippen LogP contribution in [0.25, 0.3) is 0 Å². The summed E-state index contributed by atoms with van der Waals surface area (Å²) < 4.78 is 0. The fourth-order valence-electron chi connectivity index (χ4n) is 2.86. The molecule has 1 atom stereocenters. The van der Waals surface area contributed by atoms with Crippen LogP contribution in [0.4, 0.5) is 16.2 Å². The first kappa shape index (κ1) is 11.2. The molecule has 2 heterocycles. The molecule has 0 bridgehead atoms. The van der Waals surface area contributed by atoms with Crippen LogP contribution in [0, 0.1) is 6.92 Å². The zero-order chi connectivity index (χ0) is 12.7. The fourth-order valence-corrected chi connectivity index (χ4v) is 2.86. The molecular formula is C13H18N4O. The van der Waals surface area contributed by atoms with Crippen LogP contribution in [-0.4, -0.2) is 43.2 Å². The van der Waals surface area contributed by atoms with Crippen LogP contribution in [0.15, 0.2) is 18.2 Å². The summed E-state index contributed by atoms with van der Waals surface area (Å²) >= 11 is 0. The molecule has 96 valence electrons. The van der Waals surface area contributed by atoms with Crippen LogP contribution in [-0.2, 0) is 0 Å². The van der Waals surface area contributed by atoms with Crippen LogP contribution >= 0.6 is 0 Å². The highest BCUT2D eigenvalue weighted by atomic mass is 16.2. The Morgan fingerprint density at radius 1 is 1.39 bits per heavy atom. The Morgan fingerprint density at radius 3 is 3.00 bits per heavy atom. The summed E-state index contributed by atoms with van der Waals surface area (Å²) in [6, 6.07) is 6.38. The molecule has 0 aromatic heterocycles. The van der Waals surface area contributed by atoms with Gasteiger partial charge >= 0.3 is 6.03 Å². The van der Waals surface area contributed by atoms with E-state index in [9.17, 15) is 4.79 Å². The Kier molecular flexibility index (Phi) is 2.54. The summed E-state index contributed by atoms with van der Waals surface area (Å²) in [5.41, 5.74) is 9.00. The molecule has 2 amide bonds. The van der Waals surface area contributed by atoms with Crippen molar-refractivity contribution in [3.63, 3.8) is 0 Å². The number of amides is 2. The van der Waals surface area contributed by atoms with Gasteiger partial charge in [0.2, 0.25) is 0 Å². The number of anilines is 2. The van der Waals surface area contributed by atoms with Crippen LogP contribution < -0.4 is 16.0 Å². The van der Waals surface area contributed by atoms with Gasteiger partial charge in [-0.1, -0.05) is 0 Å². The number of hydrogen-bond donors (Lipinski definition) is 2. The molecule has 3 N–H and O–H groups in total. The Labute approximate surface area is 107 Å². The highest BCUT2D eigenvalue weighted by molar-refractivity contribution is 5.77. The molecule has 18 heavy (non-hydrogen) atoms. The van der Waals surface area contributed by atoms with Gasteiger partial charge in [0.15, 0.2) is 0 Å². The number of fused-ring (bicyclic) bond motifs is 1. The quantitative estimate of drug-likeness (QED) is 0.720. The Hall–Kier alpha value is -1.91. The lowest BCUT2D eigenvalue weighted by Crippen LogP contribution is -2.52. The molecule has 2 fully saturated rings. The van der Waals surface area contributed by atoms with Gasteiger partial charge in [-0.15, -0.1) is 0 Å². The lowest BCUT2D eigenvalue weighted by atomic mass is 10.1. The van der Waals surface area contributed by atoms with E-state index in [-0.39, 0.29) is 6.03 Å². The van der Waals surface area contributed by atoms with Crippen molar-refractivity contribution in [2.24, 2.45) is 0 Å². The summed E-state index contributed by atoms with van der Waals surface area (Å²) in [7, 11) is 0. The second-order valence-electron chi connectivity index (χ2n) is 5.03. The Morgan fingerprint density at radius 2 is 2.22 bits per heavy atom. The second kappa shape index (κ2) is 4.08. The molecule has 0 saturated carbocycles. The molecule has 2 saturated heterocycles. The maximum Gasteiger partial charge on any atom is 0.317 e. The van der Waals surface area contributed by atoms with Crippen molar-refractivity contribution in [2.75, 3.05) is 36.8 Å². The highest BCUT2D eigenvalue weighted by Crippen LogP contribution is 2.25. The number of nitrogens with zero attached hydrogens (tertiary/aromatic N) is 2. The first-order valence-corrected chi connectivity index (χ1v) is 6.30. The highest BCUT2D eigenvalue weighted by Gasteiger charge is 2.35. The number of nitrogen functional groups attached to an aromatic ring is 1. The predicted octanol–water partition coefficient (Wildman–Crippen LogP) is 0.791. The van der Waals surface area contributed by atoms with Crippen molar-refractivity contribution >= 4 is 17.4 Å². The maximum absolute atomic E-state index is 11.5. The van der Waals surface area contributed by atoms with Gasteiger partial charge in [-0.2, -0.15) is 0 Å². The third kappa shape index (κ3) is 1.75. The van der Waals surface area contributed by atoms with Crippen molar-refractivity contribution in [1.82, 2.24) is 10.2 Å². The first-order chi connectivity index (χ1) is 8.65. The van der Waals surface area contributed by atoms with Crippen LogP contribution in [0.3, 0.4) is 0 Å². The molecule has 3 rings (SSSR count). The molecule has 0 aliphatic carbocycles. The molecule has 5 nitrogen and oxygen atoms in total. The van der Waals surface area contributed by atoms with Crippen LogP contribution in [0.2, 0.25) is 0 Å². The smallest absolute Gasteiger partial charge is 0.317 e. The van der Waals surface area contributed by atoms with Crippen molar-refractivity contribution in [3.05, 3.63) is 23.8 Å². The number of rotatable bonds is 1. The summed E-state index contributed by atoms with van der Waals surface area (Å²) in [4.78, 5) is 15.8. The number of carbonyl (C=O) groups excluding carboxylic acids is 1. The van der Waals surface area contributed by atoms with Crippen LogP contribution in [0.1, 0.15) is 5.56 Å². The molecule has 5 heteroatoms. The van der Waals surface area contributed by atoms with Gasteiger partial charge < -0.3 is 20.9 Å². The first-order valence-electron chi connectivity index (χ1n) is 6.30. The van der Waals surface area contributed by atoms with E-state index in [0.717, 1.165) is 31.9 Å². The topological polar surface area (TPSA) is 61.6 Å². The lowest BCUT2D eigenvalue weighted by Gasteiger charge is -2.38. The van der Waals surface area contributed by atoms with E-state index in [1.807, 2.05) is 17.0 Å². The van der Waals surface area contributed by atoms with Gasteiger partial charge in [-0.05, 0) is 30.7 Å². The SMILES string of the molecule is Cc1cc(N)ccc1N1CCN2C(=O)NCC2C1. The summed E-state index contributed by atoms with van der Waals surface area (Å²) in [6.45, 7) is 5.40. The van der Waals surface area contributed by atoms with E-state index in [0.29, 0.717) is 6.04 Å². The molecular weight excluding hydrogens is 228 g/mol. The Bertz CT molecular complexity index is 488. The van der Waals surface area contributed by atoms with Crippen molar-refractivity contribution in [1.29, 1.82) is 0 Å². The fraction of sp³-hybridized carbons (Fsp3) is 0.462. The molecule has 2 aliphatic heterocycles. The third-order valence-electron chi connectivity index (χ3n) is 3.79. The molecule has 0 spiro atoms. The van der Waals surface area contributed by atoms with E-state index in [1.165, 1.54) is 11.3 Å². The zero-order valence-corrected chi connectivity index (χ0v) is 10.5. The number of carbonyl (C=O) groups is 1. The minimum Gasteiger partial charge on any atom is -0.399 e. The average molecular weight is 246 g/mol. The Balaban J connectivity index is 1.80. The molecule has 1 aromatic rings. The summed E-state index contributed by atoms with van der Waals surface area (Å²) in [5.74, 6) is 0. The summed E-state index contributed by atoms with van der Waals surface area (Å²) in [6.07, 6.45) is 0. The van der Waals surface area contributed by atoms with Gasteiger partial charge in [0.1, 0.15) is 0 Å². The second-order valence-corrected chi connectivity index (χ2v) is 5.03. The number of nitrogens with one attached hydrogen (secondary N) is 1. The molecule has 0 radical (unpaired) electrons. The van der Waals surface area contributed by atoms with Gasteiger partial charge in [0.05, 0.1) is 6.04 Å². The number of hydrogen-bond acceptors (Lipinski definition) is 3. The minimum absolute atomic E-state index is 0.0775. The number of aryl methyl sites for hydroxylation is 1. The van der Waals surface area contributed by atoms with E-state index >= 15 is 0 Å².